The van der Waals surface area contributed by atoms with Crippen molar-refractivity contribution in [2.75, 3.05) is 18.4 Å². The number of aromatic nitrogens is 3. The number of piperidine rings is 1. The molecule has 1 fully saturated rings. The Morgan fingerprint density at radius 1 is 1.21 bits per heavy atom. The van der Waals surface area contributed by atoms with Crippen LogP contribution in [0.1, 0.15) is 30.1 Å². The van der Waals surface area contributed by atoms with Gasteiger partial charge in [0.05, 0.1) is 18.8 Å². The molecule has 1 aromatic heterocycles. The van der Waals surface area contributed by atoms with Gasteiger partial charge >= 0.3 is 6.03 Å². The van der Waals surface area contributed by atoms with Gasteiger partial charge < -0.3 is 15.3 Å². The Morgan fingerprint density at radius 3 is 2.76 bits per heavy atom. The van der Waals surface area contributed by atoms with E-state index in [9.17, 15) is 9.90 Å². The number of benzene rings is 2. The fourth-order valence-corrected chi connectivity index (χ4v) is 3.73. The van der Waals surface area contributed by atoms with Crippen molar-refractivity contribution in [3.05, 3.63) is 66.0 Å². The van der Waals surface area contributed by atoms with Crippen LogP contribution in [-0.2, 0) is 6.61 Å². The smallest absolute Gasteiger partial charge is 0.321 e. The molecule has 0 bridgehead atoms. The summed E-state index contributed by atoms with van der Waals surface area (Å²) in [7, 11) is 0. The van der Waals surface area contributed by atoms with Crippen molar-refractivity contribution >= 4 is 11.7 Å². The molecule has 1 aliphatic heterocycles. The van der Waals surface area contributed by atoms with E-state index in [1.165, 1.54) is 0 Å². The molecule has 0 saturated carbocycles. The number of carbonyl (C=O) groups excluding carboxylic acids is 1. The lowest BCUT2D eigenvalue weighted by Gasteiger charge is -2.32. The van der Waals surface area contributed by atoms with Crippen LogP contribution in [0.25, 0.3) is 11.1 Å². The number of urea groups is 1. The Balaban J connectivity index is 1.43. The minimum Gasteiger partial charge on any atom is -0.390 e. The summed E-state index contributed by atoms with van der Waals surface area (Å²) < 4.78 is 1.75. The predicted octanol–water partition coefficient (Wildman–Crippen LogP) is 3.61. The summed E-state index contributed by atoms with van der Waals surface area (Å²) >= 11 is 0. The molecule has 4 rings (SSSR count). The molecule has 7 heteroatoms. The molecule has 29 heavy (non-hydrogen) atoms. The van der Waals surface area contributed by atoms with E-state index in [1.807, 2.05) is 42.2 Å². The summed E-state index contributed by atoms with van der Waals surface area (Å²) in [5, 5.41) is 20.3. The second kappa shape index (κ2) is 8.45. The van der Waals surface area contributed by atoms with Gasteiger partial charge in [-0.15, -0.1) is 5.10 Å². The molecule has 0 radical (unpaired) electrons. The van der Waals surface area contributed by atoms with Gasteiger partial charge in [0.15, 0.2) is 0 Å². The molecule has 0 aliphatic carbocycles. The first-order valence-corrected chi connectivity index (χ1v) is 9.87. The maximum absolute atomic E-state index is 12.8. The van der Waals surface area contributed by atoms with Gasteiger partial charge in [-0.3, -0.25) is 0 Å². The fraction of sp³-hybridized carbons (Fsp3) is 0.318. The first kappa shape index (κ1) is 19.1. The van der Waals surface area contributed by atoms with Crippen LogP contribution in [0.4, 0.5) is 10.5 Å². The monoisotopic (exact) mass is 391 g/mol. The third-order valence-electron chi connectivity index (χ3n) is 5.35. The number of amides is 2. The van der Waals surface area contributed by atoms with E-state index >= 15 is 0 Å². The highest BCUT2D eigenvalue weighted by Gasteiger charge is 2.26. The lowest BCUT2D eigenvalue weighted by atomic mass is 10.0. The predicted molar refractivity (Wildman–Crippen MR) is 111 cm³/mol. The molecule has 2 heterocycles. The first-order valence-electron chi connectivity index (χ1n) is 9.87. The second-order valence-electron chi connectivity index (χ2n) is 7.42. The number of carbonyl (C=O) groups is 1. The zero-order valence-electron chi connectivity index (χ0n) is 16.5. The lowest BCUT2D eigenvalue weighted by Crippen LogP contribution is -2.43. The molecule has 2 aromatic carbocycles. The first-order chi connectivity index (χ1) is 14.1. The zero-order chi connectivity index (χ0) is 20.2. The standard InChI is InChI=1S/C22H25N5O2/c1-16-12-18(17-6-3-2-4-7-17)9-10-21(16)23-22(29)26-11-5-8-20(14-26)27-13-19(15-28)24-25-27/h2-4,6-7,9-10,12-13,20,28H,5,8,11,14-15H2,1H3,(H,23,29). The van der Waals surface area contributed by atoms with Gasteiger partial charge in [0.1, 0.15) is 5.69 Å². The molecule has 150 valence electrons. The lowest BCUT2D eigenvalue weighted by molar-refractivity contribution is 0.174. The van der Waals surface area contributed by atoms with Gasteiger partial charge in [-0.2, -0.15) is 0 Å². The molecular formula is C22H25N5O2. The van der Waals surface area contributed by atoms with Crippen LogP contribution in [0.2, 0.25) is 0 Å². The van der Waals surface area contributed by atoms with Gasteiger partial charge in [-0.25, -0.2) is 9.48 Å². The van der Waals surface area contributed by atoms with Crippen molar-refractivity contribution in [3.8, 4) is 11.1 Å². The normalized spacial score (nSPS) is 16.6. The molecule has 1 unspecified atom stereocenters. The third kappa shape index (κ3) is 4.30. The van der Waals surface area contributed by atoms with Crippen molar-refractivity contribution < 1.29 is 9.90 Å². The Bertz CT molecular complexity index is 986. The maximum atomic E-state index is 12.8. The summed E-state index contributed by atoms with van der Waals surface area (Å²) in [5.41, 5.74) is 4.67. The van der Waals surface area contributed by atoms with E-state index in [0.717, 1.165) is 35.2 Å². The van der Waals surface area contributed by atoms with Crippen molar-refractivity contribution in [1.82, 2.24) is 19.9 Å². The van der Waals surface area contributed by atoms with Gasteiger partial charge in [0.25, 0.3) is 0 Å². The van der Waals surface area contributed by atoms with Crippen LogP contribution in [-0.4, -0.2) is 44.1 Å². The third-order valence-corrected chi connectivity index (χ3v) is 5.35. The second-order valence-corrected chi connectivity index (χ2v) is 7.42. The van der Waals surface area contributed by atoms with Crippen LogP contribution < -0.4 is 5.32 Å². The van der Waals surface area contributed by atoms with Crippen molar-refractivity contribution in [2.45, 2.75) is 32.4 Å². The molecule has 1 aliphatic rings. The van der Waals surface area contributed by atoms with Crippen molar-refractivity contribution in [3.63, 3.8) is 0 Å². The average Bonchev–Trinajstić information content (AvgIpc) is 3.25. The number of anilines is 1. The molecule has 2 N–H and O–H groups in total. The minimum absolute atomic E-state index is 0.0730. The number of likely N-dealkylation sites (tertiary alicyclic amines) is 1. The fourth-order valence-electron chi connectivity index (χ4n) is 3.73. The van der Waals surface area contributed by atoms with Crippen molar-refractivity contribution in [2.24, 2.45) is 0 Å². The summed E-state index contributed by atoms with van der Waals surface area (Å²) in [6.07, 6.45) is 3.58. The molecular weight excluding hydrogens is 366 g/mol. The van der Waals surface area contributed by atoms with E-state index in [2.05, 4.69) is 33.8 Å². The summed E-state index contributed by atoms with van der Waals surface area (Å²) in [6.45, 7) is 3.16. The molecule has 3 aromatic rings. The topological polar surface area (TPSA) is 83.3 Å². The highest BCUT2D eigenvalue weighted by atomic mass is 16.3. The van der Waals surface area contributed by atoms with Gasteiger partial charge in [-0.05, 0) is 48.6 Å². The van der Waals surface area contributed by atoms with Gasteiger partial charge in [-0.1, -0.05) is 41.6 Å². The zero-order valence-corrected chi connectivity index (χ0v) is 16.5. The van der Waals surface area contributed by atoms with Crippen molar-refractivity contribution in [1.29, 1.82) is 0 Å². The highest BCUT2D eigenvalue weighted by molar-refractivity contribution is 5.90. The molecule has 1 saturated heterocycles. The minimum atomic E-state index is -0.130. The number of aryl methyl sites for hydroxylation is 1. The molecule has 2 amide bonds. The Morgan fingerprint density at radius 2 is 2.03 bits per heavy atom. The molecule has 7 nitrogen and oxygen atoms in total. The van der Waals surface area contributed by atoms with Crippen LogP contribution >= 0.6 is 0 Å². The molecule has 0 spiro atoms. The highest BCUT2D eigenvalue weighted by Crippen LogP contribution is 2.26. The number of hydrogen-bond donors (Lipinski definition) is 2. The Hall–Kier alpha value is -3.19. The van der Waals surface area contributed by atoms with Gasteiger partial charge in [0.2, 0.25) is 0 Å². The number of aliphatic hydroxyl groups is 1. The number of hydrogen-bond acceptors (Lipinski definition) is 4. The van der Waals surface area contributed by atoms with Crippen LogP contribution in [0.15, 0.2) is 54.7 Å². The SMILES string of the molecule is Cc1cc(-c2ccccc2)ccc1NC(=O)N1CCCC(n2cc(CO)nn2)C1. The largest absolute Gasteiger partial charge is 0.390 e. The van der Waals surface area contributed by atoms with E-state index in [4.69, 9.17) is 0 Å². The number of nitrogens with zero attached hydrogens (tertiary/aromatic N) is 4. The van der Waals surface area contributed by atoms with E-state index in [0.29, 0.717) is 18.8 Å². The van der Waals surface area contributed by atoms with Crippen LogP contribution in [0.5, 0.6) is 0 Å². The van der Waals surface area contributed by atoms with E-state index in [-0.39, 0.29) is 18.7 Å². The number of nitrogens with one attached hydrogen (secondary N) is 1. The van der Waals surface area contributed by atoms with Gasteiger partial charge in [0, 0.05) is 18.8 Å². The maximum Gasteiger partial charge on any atom is 0.321 e. The van der Waals surface area contributed by atoms with E-state index < -0.39 is 0 Å². The average molecular weight is 391 g/mol. The van der Waals surface area contributed by atoms with Crippen LogP contribution in [0, 0.1) is 6.92 Å². The summed E-state index contributed by atoms with van der Waals surface area (Å²) in [5.74, 6) is 0. The van der Waals surface area contributed by atoms with Crippen LogP contribution in [0.3, 0.4) is 0 Å². The number of aliphatic hydroxyl groups excluding tert-OH is 1. The quantitative estimate of drug-likeness (QED) is 0.712. The Kier molecular flexibility index (Phi) is 5.57. The molecule has 1 atom stereocenters. The number of rotatable bonds is 4. The van der Waals surface area contributed by atoms with E-state index in [1.54, 1.807) is 10.9 Å². The summed E-state index contributed by atoms with van der Waals surface area (Å²) in [4.78, 5) is 14.7. The Labute approximate surface area is 170 Å². The summed E-state index contributed by atoms with van der Waals surface area (Å²) in [6, 6.07) is 16.2.